The van der Waals surface area contributed by atoms with Crippen molar-refractivity contribution >= 4 is 12.1 Å². The number of allylic oxidation sites excluding steroid dienone is 2. The number of carbonyl (C=O) groups excluding carboxylic acids is 1. The van der Waals surface area contributed by atoms with Crippen molar-refractivity contribution in [2.45, 2.75) is 6.42 Å². The van der Waals surface area contributed by atoms with Crippen LogP contribution in [0.2, 0.25) is 0 Å². The molecule has 5 heteroatoms. The number of nitrogens with two attached hydrogens (primary N) is 1. The van der Waals surface area contributed by atoms with Crippen molar-refractivity contribution in [3.8, 4) is 0 Å². The van der Waals surface area contributed by atoms with Crippen LogP contribution in [-0.2, 0) is 4.79 Å². The first kappa shape index (κ1) is 9.21. The Labute approximate surface area is 92.8 Å². The molecule has 1 amide bonds. The van der Waals surface area contributed by atoms with Crippen molar-refractivity contribution in [2.75, 3.05) is 6.54 Å². The van der Waals surface area contributed by atoms with E-state index in [9.17, 15) is 4.79 Å². The first-order valence-corrected chi connectivity index (χ1v) is 5.21. The standard InChI is InChI=1S/C11H12N4O/c12-11(16)7-3-6-4-14-15-9-1-2-13-5-8(7)10(6)9/h1-2,4,7,14-15H,3,5H2,(H2,12,16). The Bertz CT molecular complexity index is 484. The minimum atomic E-state index is -0.269. The third-order valence-electron chi connectivity index (χ3n) is 3.16. The van der Waals surface area contributed by atoms with Crippen molar-refractivity contribution in [2.24, 2.45) is 16.6 Å². The molecule has 0 radical (unpaired) electrons. The van der Waals surface area contributed by atoms with Crippen LogP contribution in [0.25, 0.3) is 0 Å². The molecule has 1 unspecified atom stereocenters. The van der Waals surface area contributed by atoms with E-state index in [1.807, 2.05) is 12.3 Å². The van der Waals surface area contributed by atoms with Crippen LogP contribution in [0.3, 0.4) is 0 Å². The molecule has 5 nitrogen and oxygen atoms in total. The lowest BCUT2D eigenvalue weighted by Gasteiger charge is -2.19. The summed E-state index contributed by atoms with van der Waals surface area (Å²) >= 11 is 0. The third kappa shape index (κ3) is 1.18. The number of hydrogen-bond acceptors (Lipinski definition) is 4. The fraction of sp³-hybridized carbons (Fsp3) is 0.273. The Balaban J connectivity index is 2.16. The zero-order chi connectivity index (χ0) is 11.1. The molecule has 0 aromatic rings. The average Bonchev–Trinajstić information content (AvgIpc) is 2.50. The number of amides is 1. The lowest BCUT2D eigenvalue weighted by molar-refractivity contribution is -0.120. The molecule has 3 rings (SSSR count). The van der Waals surface area contributed by atoms with Crippen LogP contribution in [0.5, 0.6) is 0 Å². The lowest BCUT2D eigenvalue weighted by Crippen LogP contribution is -2.31. The molecule has 0 saturated carbocycles. The first-order chi connectivity index (χ1) is 7.77. The highest BCUT2D eigenvalue weighted by Gasteiger charge is 2.35. The Morgan fingerprint density at radius 1 is 1.56 bits per heavy atom. The monoisotopic (exact) mass is 216 g/mol. The molecule has 1 aliphatic carbocycles. The van der Waals surface area contributed by atoms with Gasteiger partial charge < -0.3 is 16.6 Å². The van der Waals surface area contributed by atoms with Gasteiger partial charge in [-0.3, -0.25) is 9.79 Å². The van der Waals surface area contributed by atoms with Crippen LogP contribution in [0.4, 0.5) is 0 Å². The number of hydrazine groups is 1. The molecule has 2 heterocycles. The maximum atomic E-state index is 11.4. The third-order valence-corrected chi connectivity index (χ3v) is 3.16. The van der Waals surface area contributed by atoms with Gasteiger partial charge in [0.2, 0.25) is 5.91 Å². The largest absolute Gasteiger partial charge is 0.369 e. The van der Waals surface area contributed by atoms with Crippen molar-refractivity contribution in [3.05, 3.63) is 34.7 Å². The van der Waals surface area contributed by atoms with Gasteiger partial charge in [0, 0.05) is 18.0 Å². The highest BCUT2D eigenvalue weighted by molar-refractivity contribution is 5.85. The van der Waals surface area contributed by atoms with E-state index in [2.05, 4.69) is 15.8 Å². The first-order valence-electron chi connectivity index (χ1n) is 5.21. The molecule has 82 valence electrons. The molecule has 0 fully saturated rings. The van der Waals surface area contributed by atoms with Crippen molar-refractivity contribution < 1.29 is 4.79 Å². The maximum absolute atomic E-state index is 11.4. The quantitative estimate of drug-likeness (QED) is 0.565. The molecule has 16 heavy (non-hydrogen) atoms. The summed E-state index contributed by atoms with van der Waals surface area (Å²) in [5.74, 6) is -0.476. The van der Waals surface area contributed by atoms with Gasteiger partial charge >= 0.3 is 0 Å². The minimum absolute atomic E-state index is 0.207. The van der Waals surface area contributed by atoms with Crippen LogP contribution >= 0.6 is 0 Å². The predicted octanol–water partition coefficient (Wildman–Crippen LogP) is -0.252. The number of nitrogens with one attached hydrogen (secondary N) is 2. The Morgan fingerprint density at radius 3 is 3.25 bits per heavy atom. The zero-order valence-electron chi connectivity index (χ0n) is 8.66. The van der Waals surface area contributed by atoms with Gasteiger partial charge in [-0.2, -0.15) is 0 Å². The van der Waals surface area contributed by atoms with E-state index in [1.165, 1.54) is 0 Å². The maximum Gasteiger partial charge on any atom is 0.225 e. The van der Waals surface area contributed by atoms with Gasteiger partial charge in [-0.1, -0.05) is 0 Å². The van der Waals surface area contributed by atoms with Gasteiger partial charge in [-0.25, -0.2) is 0 Å². The molecule has 0 aromatic heterocycles. The highest BCUT2D eigenvalue weighted by atomic mass is 16.1. The van der Waals surface area contributed by atoms with Gasteiger partial charge in [0.25, 0.3) is 0 Å². The van der Waals surface area contributed by atoms with Crippen LogP contribution in [-0.4, -0.2) is 18.7 Å². The number of hydrogen-bond donors (Lipinski definition) is 3. The summed E-state index contributed by atoms with van der Waals surface area (Å²) in [5, 5.41) is 0. The van der Waals surface area contributed by atoms with Crippen LogP contribution in [0.1, 0.15) is 6.42 Å². The summed E-state index contributed by atoms with van der Waals surface area (Å²) in [7, 11) is 0. The van der Waals surface area contributed by atoms with Gasteiger partial charge in [-0.05, 0) is 23.6 Å². The summed E-state index contributed by atoms with van der Waals surface area (Å²) in [5.41, 5.74) is 15.7. The summed E-state index contributed by atoms with van der Waals surface area (Å²) < 4.78 is 0. The number of primary amides is 1. The lowest BCUT2D eigenvalue weighted by atomic mass is 10.00. The molecule has 0 spiro atoms. The SMILES string of the molecule is NC(=O)C1CC2=CNNC3=CC=NCC1=C23. The van der Waals surface area contributed by atoms with Crippen LogP contribution in [0.15, 0.2) is 39.7 Å². The van der Waals surface area contributed by atoms with E-state index in [1.54, 1.807) is 6.21 Å². The molecule has 0 aromatic carbocycles. The van der Waals surface area contributed by atoms with Crippen LogP contribution in [0, 0.1) is 5.92 Å². The fourth-order valence-electron chi connectivity index (χ4n) is 2.43. The van der Waals surface area contributed by atoms with Crippen molar-refractivity contribution in [1.82, 2.24) is 10.9 Å². The second kappa shape index (κ2) is 3.23. The molecule has 1 atom stereocenters. The van der Waals surface area contributed by atoms with E-state index < -0.39 is 0 Å². The fourth-order valence-corrected chi connectivity index (χ4v) is 2.43. The predicted molar refractivity (Wildman–Crippen MR) is 60.1 cm³/mol. The highest BCUT2D eigenvalue weighted by Crippen LogP contribution is 2.40. The molecule has 0 bridgehead atoms. The average molecular weight is 216 g/mol. The van der Waals surface area contributed by atoms with Crippen molar-refractivity contribution in [3.63, 3.8) is 0 Å². The number of rotatable bonds is 1. The Morgan fingerprint density at radius 2 is 2.44 bits per heavy atom. The number of carbonyl (C=O) groups is 1. The molecular formula is C11H12N4O. The second-order valence-corrected chi connectivity index (χ2v) is 4.07. The second-order valence-electron chi connectivity index (χ2n) is 4.07. The topological polar surface area (TPSA) is 79.5 Å². The molecular weight excluding hydrogens is 204 g/mol. The van der Waals surface area contributed by atoms with E-state index in [0.717, 1.165) is 22.4 Å². The summed E-state index contributed by atoms with van der Waals surface area (Å²) in [6.07, 6.45) is 6.23. The van der Waals surface area contributed by atoms with Crippen LogP contribution < -0.4 is 16.6 Å². The zero-order valence-corrected chi connectivity index (χ0v) is 8.66. The molecule has 2 aliphatic heterocycles. The normalized spacial score (nSPS) is 26.1. The summed E-state index contributed by atoms with van der Waals surface area (Å²) in [6.45, 7) is 0.558. The molecule has 4 N–H and O–H groups in total. The van der Waals surface area contributed by atoms with E-state index in [4.69, 9.17) is 5.73 Å². The summed E-state index contributed by atoms with van der Waals surface area (Å²) in [4.78, 5) is 15.7. The van der Waals surface area contributed by atoms with Crippen molar-refractivity contribution in [1.29, 1.82) is 0 Å². The minimum Gasteiger partial charge on any atom is -0.369 e. The van der Waals surface area contributed by atoms with E-state index in [-0.39, 0.29) is 11.8 Å². The molecule has 0 saturated heterocycles. The smallest absolute Gasteiger partial charge is 0.225 e. The van der Waals surface area contributed by atoms with Gasteiger partial charge in [0.05, 0.1) is 18.2 Å². The van der Waals surface area contributed by atoms with E-state index >= 15 is 0 Å². The number of nitrogens with zero attached hydrogens (tertiary/aromatic N) is 1. The Kier molecular flexibility index (Phi) is 1.86. The van der Waals surface area contributed by atoms with Gasteiger partial charge in [-0.15, -0.1) is 0 Å². The van der Waals surface area contributed by atoms with E-state index in [0.29, 0.717) is 13.0 Å². The van der Waals surface area contributed by atoms with Gasteiger partial charge in [0.1, 0.15) is 0 Å². The van der Waals surface area contributed by atoms with Gasteiger partial charge in [0.15, 0.2) is 0 Å². The summed E-state index contributed by atoms with van der Waals surface area (Å²) in [6, 6.07) is 0. The molecule has 3 aliphatic rings. The number of aliphatic imine (C=N–C) groups is 1. The Hall–Kier alpha value is -2.04.